The highest BCUT2D eigenvalue weighted by Crippen LogP contribution is 2.22. The van der Waals surface area contributed by atoms with Gasteiger partial charge in [0.25, 0.3) is 0 Å². The molecule has 0 fully saturated rings. The molecule has 2 aromatic rings. The summed E-state index contributed by atoms with van der Waals surface area (Å²) in [6.45, 7) is 8.07. The molecule has 0 saturated heterocycles. The van der Waals surface area contributed by atoms with Crippen LogP contribution in [-0.4, -0.2) is 50.0 Å². The van der Waals surface area contributed by atoms with Gasteiger partial charge in [-0.15, -0.1) is 0 Å². The largest absolute Gasteiger partial charge is 0.352 e. The van der Waals surface area contributed by atoms with Gasteiger partial charge in [0, 0.05) is 30.6 Å². The van der Waals surface area contributed by atoms with Crippen molar-refractivity contribution in [2.24, 2.45) is 0 Å². The van der Waals surface area contributed by atoms with Gasteiger partial charge >= 0.3 is 0 Å². The van der Waals surface area contributed by atoms with E-state index in [0.717, 1.165) is 17.4 Å². The Bertz CT molecular complexity index is 1100. The second-order valence-corrected chi connectivity index (χ2v) is 11.4. The molecule has 2 rings (SSSR count). The first-order valence-corrected chi connectivity index (χ1v) is 14.0. The third kappa shape index (κ3) is 8.85. The molecule has 0 spiro atoms. The number of amides is 2. The zero-order chi connectivity index (χ0) is 26.2. The Kier molecular flexibility index (Phi) is 10.6. The molecule has 192 valence electrons. The Balaban J connectivity index is 2.21. The molecule has 7 nitrogen and oxygen atoms in total. The fourth-order valence-corrected chi connectivity index (χ4v) is 5.01. The van der Waals surface area contributed by atoms with Crippen LogP contribution >= 0.6 is 11.6 Å². The fraction of sp³-hybridized carbons (Fsp3) is 0.462. The van der Waals surface area contributed by atoms with E-state index in [4.69, 9.17) is 11.6 Å². The van der Waals surface area contributed by atoms with Crippen LogP contribution < -0.4 is 9.62 Å². The number of aryl methyl sites for hydroxylation is 1. The molecule has 0 saturated carbocycles. The average molecular weight is 522 g/mol. The van der Waals surface area contributed by atoms with E-state index in [1.807, 2.05) is 52.0 Å². The van der Waals surface area contributed by atoms with Crippen molar-refractivity contribution >= 4 is 39.1 Å². The maximum absolute atomic E-state index is 13.4. The van der Waals surface area contributed by atoms with Crippen LogP contribution in [0, 0.1) is 6.92 Å². The molecular weight excluding hydrogens is 486 g/mol. The Morgan fingerprint density at radius 1 is 1.09 bits per heavy atom. The van der Waals surface area contributed by atoms with Crippen LogP contribution in [0.3, 0.4) is 0 Å². The smallest absolute Gasteiger partial charge is 0.243 e. The van der Waals surface area contributed by atoms with E-state index in [2.05, 4.69) is 5.32 Å². The summed E-state index contributed by atoms with van der Waals surface area (Å²) in [4.78, 5) is 27.9. The van der Waals surface area contributed by atoms with Crippen molar-refractivity contribution in [1.82, 2.24) is 10.2 Å². The molecule has 0 bridgehead atoms. The van der Waals surface area contributed by atoms with E-state index in [-0.39, 0.29) is 30.8 Å². The highest BCUT2D eigenvalue weighted by atomic mass is 35.5. The molecule has 35 heavy (non-hydrogen) atoms. The van der Waals surface area contributed by atoms with E-state index in [9.17, 15) is 18.0 Å². The van der Waals surface area contributed by atoms with Gasteiger partial charge in [0.15, 0.2) is 0 Å². The molecule has 0 radical (unpaired) electrons. The zero-order valence-corrected chi connectivity index (χ0v) is 22.7. The number of hydrogen-bond acceptors (Lipinski definition) is 4. The maximum atomic E-state index is 13.4. The number of carbonyl (C=O) groups excluding carboxylic acids is 2. The number of rotatable bonds is 12. The summed E-state index contributed by atoms with van der Waals surface area (Å²) in [5, 5.41) is 3.42. The number of sulfonamides is 1. The SMILES string of the molecule is CC[C@H](C(=O)NC(C)C)N(Cc1cccc(C)c1)C(=O)CCCN(c1ccc(Cl)cc1)S(C)(=O)=O. The van der Waals surface area contributed by atoms with Gasteiger partial charge in [0.2, 0.25) is 21.8 Å². The first-order chi connectivity index (χ1) is 16.4. The number of carbonyl (C=O) groups is 2. The normalized spacial score (nSPS) is 12.3. The minimum Gasteiger partial charge on any atom is -0.352 e. The summed E-state index contributed by atoms with van der Waals surface area (Å²) >= 11 is 5.94. The van der Waals surface area contributed by atoms with E-state index < -0.39 is 16.1 Å². The Morgan fingerprint density at radius 2 is 1.74 bits per heavy atom. The van der Waals surface area contributed by atoms with E-state index in [1.54, 1.807) is 29.2 Å². The molecule has 0 aliphatic heterocycles. The van der Waals surface area contributed by atoms with Gasteiger partial charge < -0.3 is 10.2 Å². The summed E-state index contributed by atoms with van der Waals surface area (Å²) in [7, 11) is -3.55. The highest BCUT2D eigenvalue weighted by molar-refractivity contribution is 7.92. The summed E-state index contributed by atoms with van der Waals surface area (Å²) < 4.78 is 26.0. The Morgan fingerprint density at radius 3 is 2.29 bits per heavy atom. The number of halogens is 1. The van der Waals surface area contributed by atoms with Crippen molar-refractivity contribution in [2.45, 2.75) is 65.6 Å². The number of nitrogens with one attached hydrogen (secondary N) is 1. The van der Waals surface area contributed by atoms with Crippen LogP contribution in [-0.2, 0) is 26.2 Å². The number of nitrogens with zero attached hydrogens (tertiary/aromatic N) is 2. The maximum Gasteiger partial charge on any atom is 0.243 e. The lowest BCUT2D eigenvalue weighted by atomic mass is 10.1. The van der Waals surface area contributed by atoms with Gasteiger partial charge in [-0.3, -0.25) is 13.9 Å². The van der Waals surface area contributed by atoms with Crippen LogP contribution in [0.25, 0.3) is 0 Å². The predicted molar refractivity (Wildman–Crippen MR) is 142 cm³/mol. The molecule has 2 aromatic carbocycles. The molecule has 1 N–H and O–H groups in total. The lowest BCUT2D eigenvalue weighted by molar-refractivity contribution is -0.141. The van der Waals surface area contributed by atoms with E-state index in [0.29, 0.717) is 30.1 Å². The zero-order valence-electron chi connectivity index (χ0n) is 21.1. The fourth-order valence-electron chi connectivity index (χ4n) is 3.92. The molecule has 1 atom stereocenters. The first kappa shape index (κ1) is 28.7. The highest BCUT2D eigenvalue weighted by Gasteiger charge is 2.29. The standard InChI is InChI=1S/C26H36ClN3O4S/c1-6-24(26(32)28-19(2)3)29(18-21-10-7-9-20(4)17-21)25(31)11-8-16-30(35(5,33)34)23-14-12-22(27)13-15-23/h7,9-10,12-15,17,19,24H,6,8,11,16,18H2,1-5H3,(H,28,32)/t24-/m1/s1. The van der Waals surface area contributed by atoms with Gasteiger partial charge in [-0.2, -0.15) is 0 Å². The van der Waals surface area contributed by atoms with Crippen molar-refractivity contribution in [3.05, 3.63) is 64.7 Å². The van der Waals surface area contributed by atoms with Crippen molar-refractivity contribution < 1.29 is 18.0 Å². The van der Waals surface area contributed by atoms with Crippen LogP contribution in [0.5, 0.6) is 0 Å². The molecule has 0 aliphatic carbocycles. The van der Waals surface area contributed by atoms with Gasteiger partial charge in [0.05, 0.1) is 11.9 Å². The van der Waals surface area contributed by atoms with Crippen molar-refractivity contribution in [1.29, 1.82) is 0 Å². The number of anilines is 1. The van der Waals surface area contributed by atoms with Crippen LogP contribution in [0.1, 0.15) is 51.2 Å². The minimum atomic E-state index is -3.55. The Hall–Kier alpha value is -2.58. The lowest BCUT2D eigenvalue weighted by Gasteiger charge is -2.31. The molecule has 9 heteroatoms. The topological polar surface area (TPSA) is 86.8 Å². The van der Waals surface area contributed by atoms with Crippen molar-refractivity contribution in [3.8, 4) is 0 Å². The number of benzene rings is 2. The second kappa shape index (κ2) is 12.9. The summed E-state index contributed by atoms with van der Waals surface area (Å²) in [5.74, 6) is -0.385. The monoisotopic (exact) mass is 521 g/mol. The van der Waals surface area contributed by atoms with Crippen LogP contribution in [0.4, 0.5) is 5.69 Å². The van der Waals surface area contributed by atoms with Gasteiger partial charge in [-0.05, 0) is 63.4 Å². The third-order valence-electron chi connectivity index (χ3n) is 5.52. The average Bonchev–Trinajstić information content (AvgIpc) is 2.76. The van der Waals surface area contributed by atoms with E-state index >= 15 is 0 Å². The van der Waals surface area contributed by atoms with Gasteiger partial charge in [0.1, 0.15) is 6.04 Å². The molecule has 0 heterocycles. The molecular formula is C26H36ClN3O4S. The van der Waals surface area contributed by atoms with E-state index in [1.165, 1.54) is 4.31 Å². The van der Waals surface area contributed by atoms with Gasteiger partial charge in [-0.25, -0.2) is 8.42 Å². The van der Waals surface area contributed by atoms with Crippen molar-refractivity contribution in [3.63, 3.8) is 0 Å². The first-order valence-electron chi connectivity index (χ1n) is 11.8. The minimum absolute atomic E-state index is 0.0461. The van der Waals surface area contributed by atoms with Crippen LogP contribution in [0.15, 0.2) is 48.5 Å². The van der Waals surface area contributed by atoms with Crippen LogP contribution in [0.2, 0.25) is 5.02 Å². The molecule has 2 amide bonds. The third-order valence-corrected chi connectivity index (χ3v) is 6.97. The quantitative estimate of drug-likeness (QED) is 0.444. The summed E-state index contributed by atoms with van der Waals surface area (Å²) in [6, 6.07) is 13.7. The predicted octanol–water partition coefficient (Wildman–Crippen LogP) is 4.53. The summed E-state index contributed by atoms with van der Waals surface area (Å²) in [6.07, 6.45) is 2.02. The molecule has 0 aromatic heterocycles. The Labute approximate surface area is 214 Å². The van der Waals surface area contributed by atoms with Gasteiger partial charge in [-0.1, -0.05) is 48.4 Å². The second-order valence-electron chi connectivity index (χ2n) is 9.01. The molecule has 0 aliphatic rings. The number of hydrogen-bond donors (Lipinski definition) is 1. The summed E-state index contributed by atoms with van der Waals surface area (Å²) in [5.41, 5.74) is 2.50. The molecule has 0 unspecified atom stereocenters. The van der Waals surface area contributed by atoms with Crippen molar-refractivity contribution in [2.75, 3.05) is 17.1 Å². The lowest BCUT2D eigenvalue weighted by Crippen LogP contribution is -2.50.